The minimum absolute atomic E-state index is 0.0569. The monoisotopic (exact) mass is 289 g/mol. The lowest BCUT2D eigenvalue weighted by molar-refractivity contribution is -0.128. The van der Waals surface area contributed by atoms with Crippen LogP contribution >= 0.6 is 0 Å². The average molecular weight is 289 g/mol. The molecular weight excluding hydrogens is 266 g/mol. The summed E-state index contributed by atoms with van der Waals surface area (Å²) in [7, 11) is -3.14. The SMILES string of the molecule is CCS(=O)(=O)NCCN1CC(=O)NC2CCCCC21. The van der Waals surface area contributed by atoms with Crippen LogP contribution < -0.4 is 10.0 Å². The predicted octanol–water partition coefficient (Wildman–Crippen LogP) is -0.331. The topological polar surface area (TPSA) is 78.5 Å². The first kappa shape index (κ1) is 14.7. The van der Waals surface area contributed by atoms with Crippen molar-refractivity contribution in [3.05, 3.63) is 0 Å². The Balaban J connectivity index is 1.88. The third-order valence-corrected chi connectivity index (χ3v) is 5.40. The summed E-state index contributed by atoms with van der Waals surface area (Å²) in [4.78, 5) is 13.8. The number of sulfonamides is 1. The summed E-state index contributed by atoms with van der Waals surface area (Å²) >= 11 is 0. The highest BCUT2D eigenvalue weighted by Gasteiger charge is 2.35. The van der Waals surface area contributed by atoms with Crippen molar-refractivity contribution in [3.63, 3.8) is 0 Å². The van der Waals surface area contributed by atoms with E-state index in [0.29, 0.717) is 25.7 Å². The van der Waals surface area contributed by atoms with Crippen LogP contribution in [0.3, 0.4) is 0 Å². The van der Waals surface area contributed by atoms with E-state index in [9.17, 15) is 13.2 Å². The van der Waals surface area contributed by atoms with Gasteiger partial charge in [-0.2, -0.15) is 0 Å². The summed E-state index contributed by atoms with van der Waals surface area (Å²) in [5.74, 6) is 0.154. The molecule has 0 aromatic carbocycles. The van der Waals surface area contributed by atoms with Crippen LogP contribution in [0, 0.1) is 0 Å². The summed E-state index contributed by atoms with van der Waals surface area (Å²) in [5.41, 5.74) is 0. The largest absolute Gasteiger partial charge is 0.351 e. The molecule has 0 aromatic rings. The standard InChI is InChI=1S/C12H23N3O3S/c1-2-19(17,18)13-7-8-15-9-12(16)14-10-5-3-4-6-11(10)15/h10-11,13H,2-9H2,1H3,(H,14,16). The summed E-state index contributed by atoms with van der Waals surface area (Å²) in [6.45, 7) is 2.99. The Bertz CT molecular complexity index is 424. The van der Waals surface area contributed by atoms with Gasteiger partial charge in [-0.3, -0.25) is 9.69 Å². The molecule has 2 fully saturated rings. The number of nitrogens with zero attached hydrogens (tertiary/aromatic N) is 1. The molecule has 0 bridgehead atoms. The zero-order chi connectivity index (χ0) is 13.9. The average Bonchev–Trinajstić information content (AvgIpc) is 2.38. The molecule has 0 aromatic heterocycles. The first-order valence-electron chi connectivity index (χ1n) is 7.02. The molecule has 0 radical (unpaired) electrons. The number of hydrogen-bond acceptors (Lipinski definition) is 4. The number of piperazine rings is 1. The fourth-order valence-electron chi connectivity index (χ4n) is 2.96. The number of rotatable bonds is 5. The van der Waals surface area contributed by atoms with Crippen molar-refractivity contribution in [1.29, 1.82) is 0 Å². The second kappa shape index (κ2) is 6.19. The molecule has 1 amide bonds. The van der Waals surface area contributed by atoms with E-state index < -0.39 is 10.0 Å². The molecule has 7 heteroatoms. The van der Waals surface area contributed by atoms with Crippen LogP contribution in [0.25, 0.3) is 0 Å². The van der Waals surface area contributed by atoms with E-state index in [0.717, 1.165) is 19.3 Å². The Labute approximate surface area is 115 Å². The van der Waals surface area contributed by atoms with E-state index in [1.54, 1.807) is 6.92 Å². The Morgan fingerprint density at radius 1 is 1.37 bits per heavy atom. The van der Waals surface area contributed by atoms with Crippen LogP contribution in [-0.4, -0.2) is 56.7 Å². The molecule has 1 aliphatic heterocycles. The van der Waals surface area contributed by atoms with Crippen molar-refractivity contribution in [1.82, 2.24) is 14.9 Å². The zero-order valence-electron chi connectivity index (χ0n) is 11.4. The Hall–Kier alpha value is -0.660. The molecule has 1 aliphatic carbocycles. The normalized spacial score (nSPS) is 28.8. The van der Waals surface area contributed by atoms with Gasteiger partial charge in [0, 0.05) is 25.2 Å². The maximum atomic E-state index is 11.7. The lowest BCUT2D eigenvalue weighted by atomic mass is 9.87. The van der Waals surface area contributed by atoms with Gasteiger partial charge in [0.2, 0.25) is 15.9 Å². The van der Waals surface area contributed by atoms with Gasteiger partial charge in [-0.05, 0) is 19.8 Å². The second-order valence-corrected chi connectivity index (χ2v) is 7.39. The molecular formula is C12H23N3O3S. The maximum Gasteiger partial charge on any atom is 0.234 e. The van der Waals surface area contributed by atoms with Gasteiger partial charge in [-0.1, -0.05) is 12.8 Å². The Morgan fingerprint density at radius 2 is 2.11 bits per heavy atom. The van der Waals surface area contributed by atoms with E-state index >= 15 is 0 Å². The summed E-state index contributed by atoms with van der Waals surface area (Å²) in [6.07, 6.45) is 4.48. The minimum atomic E-state index is -3.14. The molecule has 1 heterocycles. The highest BCUT2D eigenvalue weighted by atomic mass is 32.2. The first-order chi connectivity index (χ1) is 9.02. The molecule has 2 rings (SSSR count). The third kappa shape index (κ3) is 3.90. The van der Waals surface area contributed by atoms with Crippen molar-refractivity contribution in [2.45, 2.75) is 44.7 Å². The lowest BCUT2D eigenvalue weighted by Gasteiger charge is -2.44. The molecule has 110 valence electrons. The van der Waals surface area contributed by atoms with Gasteiger partial charge in [0.25, 0.3) is 0 Å². The fraction of sp³-hybridized carbons (Fsp3) is 0.917. The zero-order valence-corrected chi connectivity index (χ0v) is 12.2. The number of fused-ring (bicyclic) bond motifs is 1. The van der Waals surface area contributed by atoms with Gasteiger partial charge >= 0.3 is 0 Å². The Morgan fingerprint density at radius 3 is 2.84 bits per heavy atom. The molecule has 2 aliphatic rings. The highest BCUT2D eigenvalue weighted by molar-refractivity contribution is 7.89. The quantitative estimate of drug-likeness (QED) is 0.726. The molecule has 19 heavy (non-hydrogen) atoms. The molecule has 2 unspecified atom stereocenters. The van der Waals surface area contributed by atoms with Crippen molar-refractivity contribution >= 4 is 15.9 Å². The molecule has 1 saturated heterocycles. The van der Waals surface area contributed by atoms with Gasteiger partial charge < -0.3 is 5.32 Å². The van der Waals surface area contributed by atoms with E-state index in [1.807, 2.05) is 0 Å². The highest BCUT2D eigenvalue weighted by Crippen LogP contribution is 2.25. The molecule has 6 nitrogen and oxygen atoms in total. The number of carbonyl (C=O) groups excluding carboxylic acids is 1. The number of amides is 1. The maximum absolute atomic E-state index is 11.7. The van der Waals surface area contributed by atoms with E-state index in [1.165, 1.54) is 6.42 Å². The lowest BCUT2D eigenvalue weighted by Crippen LogP contribution is -2.62. The van der Waals surface area contributed by atoms with Crippen LogP contribution in [0.4, 0.5) is 0 Å². The van der Waals surface area contributed by atoms with Gasteiger partial charge in [-0.15, -0.1) is 0 Å². The number of nitrogens with one attached hydrogen (secondary N) is 2. The fourth-order valence-corrected chi connectivity index (χ4v) is 3.57. The summed E-state index contributed by atoms with van der Waals surface area (Å²) < 4.78 is 25.3. The van der Waals surface area contributed by atoms with E-state index in [4.69, 9.17) is 0 Å². The molecule has 0 spiro atoms. The third-order valence-electron chi connectivity index (χ3n) is 3.99. The van der Waals surface area contributed by atoms with Gasteiger partial charge in [0.15, 0.2) is 0 Å². The summed E-state index contributed by atoms with van der Waals surface area (Å²) in [6, 6.07) is 0.621. The van der Waals surface area contributed by atoms with Crippen molar-refractivity contribution in [2.75, 3.05) is 25.4 Å². The Kier molecular flexibility index (Phi) is 4.81. The second-order valence-electron chi connectivity index (χ2n) is 5.29. The number of carbonyl (C=O) groups is 1. The van der Waals surface area contributed by atoms with Crippen LogP contribution in [-0.2, 0) is 14.8 Å². The van der Waals surface area contributed by atoms with Gasteiger partial charge in [0.1, 0.15) is 0 Å². The van der Waals surface area contributed by atoms with E-state index in [2.05, 4.69) is 14.9 Å². The summed E-state index contributed by atoms with van der Waals surface area (Å²) in [5, 5.41) is 3.05. The molecule has 1 saturated carbocycles. The predicted molar refractivity (Wildman–Crippen MR) is 73.2 cm³/mol. The van der Waals surface area contributed by atoms with Crippen molar-refractivity contribution < 1.29 is 13.2 Å². The van der Waals surface area contributed by atoms with Crippen LogP contribution in [0.5, 0.6) is 0 Å². The van der Waals surface area contributed by atoms with E-state index in [-0.39, 0.29) is 17.7 Å². The minimum Gasteiger partial charge on any atom is -0.351 e. The molecule has 2 atom stereocenters. The van der Waals surface area contributed by atoms with Crippen molar-refractivity contribution in [3.8, 4) is 0 Å². The molecule has 2 N–H and O–H groups in total. The van der Waals surface area contributed by atoms with Gasteiger partial charge in [0.05, 0.1) is 12.3 Å². The van der Waals surface area contributed by atoms with Gasteiger partial charge in [-0.25, -0.2) is 13.1 Å². The smallest absolute Gasteiger partial charge is 0.234 e. The van der Waals surface area contributed by atoms with Crippen LogP contribution in [0.1, 0.15) is 32.6 Å². The van der Waals surface area contributed by atoms with Crippen LogP contribution in [0.15, 0.2) is 0 Å². The number of hydrogen-bond donors (Lipinski definition) is 2. The van der Waals surface area contributed by atoms with Crippen molar-refractivity contribution in [2.24, 2.45) is 0 Å². The first-order valence-corrected chi connectivity index (χ1v) is 8.68. The van der Waals surface area contributed by atoms with Crippen LogP contribution in [0.2, 0.25) is 0 Å².